The van der Waals surface area contributed by atoms with Gasteiger partial charge in [0.2, 0.25) is 0 Å². The molecule has 0 spiro atoms. The van der Waals surface area contributed by atoms with E-state index in [2.05, 4.69) is 39.0 Å². The number of hydrogen-bond donors (Lipinski definition) is 1. The average Bonchev–Trinajstić information content (AvgIpc) is 2.26. The van der Waals surface area contributed by atoms with Gasteiger partial charge in [-0.1, -0.05) is 32.0 Å². The van der Waals surface area contributed by atoms with Crippen molar-refractivity contribution in [2.24, 2.45) is 5.73 Å². The fourth-order valence-electron chi connectivity index (χ4n) is 3.08. The van der Waals surface area contributed by atoms with Gasteiger partial charge in [0.15, 0.2) is 0 Å². The summed E-state index contributed by atoms with van der Waals surface area (Å²) in [6.07, 6.45) is 6.28. The molecule has 1 aromatic carbocycles. The molecule has 1 nitrogen and oxygen atoms in total. The van der Waals surface area contributed by atoms with Gasteiger partial charge < -0.3 is 5.73 Å². The Morgan fingerprint density at radius 1 is 1.18 bits per heavy atom. The molecule has 0 amide bonds. The standard InChI is InChI=1S/C16H25N/c1-12(17)11-16(2,3)15-9-8-13-6-4-5-7-14(13)10-15/h8-10,12H,4-7,11,17H2,1-3H3. The molecule has 2 rings (SSSR count). The van der Waals surface area contributed by atoms with Crippen molar-refractivity contribution in [1.29, 1.82) is 0 Å². The monoisotopic (exact) mass is 231 g/mol. The van der Waals surface area contributed by atoms with E-state index in [-0.39, 0.29) is 11.5 Å². The highest BCUT2D eigenvalue weighted by Crippen LogP contribution is 2.31. The first-order valence-electron chi connectivity index (χ1n) is 6.87. The van der Waals surface area contributed by atoms with Crippen LogP contribution in [0.5, 0.6) is 0 Å². The molecule has 1 heteroatoms. The number of hydrogen-bond acceptors (Lipinski definition) is 1. The molecular formula is C16H25N. The first-order chi connectivity index (χ1) is 7.99. The smallest absolute Gasteiger partial charge is 0.00187 e. The summed E-state index contributed by atoms with van der Waals surface area (Å²) in [4.78, 5) is 0. The number of benzene rings is 1. The maximum atomic E-state index is 5.95. The van der Waals surface area contributed by atoms with Gasteiger partial charge in [-0.05, 0) is 61.1 Å². The Hall–Kier alpha value is -0.820. The van der Waals surface area contributed by atoms with Crippen LogP contribution in [0.15, 0.2) is 18.2 Å². The molecule has 0 radical (unpaired) electrons. The number of rotatable bonds is 3. The third-order valence-electron chi connectivity index (χ3n) is 3.96. The number of nitrogens with two attached hydrogens (primary N) is 1. The first-order valence-corrected chi connectivity index (χ1v) is 6.87. The topological polar surface area (TPSA) is 26.0 Å². The molecule has 0 bridgehead atoms. The first kappa shape index (κ1) is 12.6. The molecule has 17 heavy (non-hydrogen) atoms. The molecule has 0 heterocycles. The minimum absolute atomic E-state index is 0.195. The van der Waals surface area contributed by atoms with E-state index in [9.17, 15) is 0 Å². The lowest BCUT2D eigenvalue weighted by Gasteiger charge is -2.29. The van der Waals surface area contributed by atoms with Crippen molar-refractivity contribution < 1.29 is 0 Å². The molecule has 1 aromatic rings. The van der Waals surface area contributed by atoms with Gasteiger partial charge >= 0.3 is 0 Å². The van der Waals surface area contributed by atoms with Crippen LogP contribution in [-0.4, -0.2) is 6.04 Å². The van der Waals surface area contributed by atoms with Crippen LogP contribution in [0.25, 0.3) is 0 Å². The van der Waals surface area contributed by atoms with Gasteiger partial charge in [0.05, 0.1) is 0 Å². The predicted molar refractivity (Wildman–Crippen MR) is 74.4 cm³/mol. The Kier molecular flexibility index (Phi) is 3.58. The second kappa shape index (κ2) is 4.81. The fraction of sp³-hybridized carbons (Fsp3) is 0.625. The van der Waals surface area contributed by atoms with Gasteiger partial charge in [-0.2, -0.15) is 0 Å². The molecule has 2 N–H and O–H groups in total. The summed E-state index contributed by atoms with van der Waals surface area (Å²) >= 11 is 0. The zero-order valence-electron chi connectivity index (χ0n) is 11.4. The highest BCUT2D eigenvalue weighted by atomic mass is 14.6. The molecule has 0 aromatic heterocycles. The Bertz CT molecular complexity index is 391. The van der Waals surface area contributed by atoms with Crippen LogP contribution in [0.1, 0.15) is 56.7 Å². The van der Waals surface area contributed by atoms with Crippen molar-refractivity contribution >= 4 is 0 Å². The fourth-order valence-corrected chi connectivity index (χ4v) is 3.08. The summed E-state index contributed by atoms with van der Waals surface area (Å²) in [5.74, 6) is 0. The second-order valence-electron chi connectivity index (χ2n) is 6.26. The molecule has 0 aliphatic heterocycles. The van der Waals surface area contributed by atoms with Crippen molar-refractivity contribution in [3.63, 3.8) is 0 Å². The zero-order chi connectivity index (χ0) is 12.5. The maximum Gasteiger partial charge on any atom is 0.00187 e. The summed E-state index contributed by atoms with van der Waals surface area (Å²) in [6.45, 7) is 6.71. The van der Waals surface area contributed by atoms with E-state index in [0.29, 0.717) is 0 Å². The Morgan fingerprint density at radius 2 is 1.82 bits per heavy atom. The van der Waals surface area contributed by atoms with Crippen molar-refractivity contribution in [2.45, 2.75) is 64.3 Å². The van der Waals surface area contributed by atoms with E-state index in [1.807, 2.05) is 0 Å². The molecule has 1 unspecified atom stereocenters. The molecule has 1 atom stereocenters. The third-order valence-corrected chi connectivity index (χ3v) is 3.96. The van der Waals surface area contributed by atoms with Crippen LogP contribution in [0.3, 0.4) is 0 Å². The van der Waals surface area contributed by atoms with Gasteiger partial charge in [0, 0.05) is 6.04 Å². The molecular weight excluding hydrogens is 206 g/mol. The van der Waals surface area contributed by atoms with Crippen LogP contribution >= 0.6 is 0 Å². The van der Waals surface area contributed by atoms with Crippen LogP contribution in [0, 0.1) is 0 Å². The predicted octanol–water partition coefficient (Wildman–Crippen LogP) is 3.58. The lowest BCUT2D eigenvalue weighted by molar-refractivity contribution is 0.436. The van der Waals surface area contributed by atoms with Gasteiger partial charge in [0.25, 0.3) is 0 Å². The van der Waals surface area contributed by atoms with E-state index < -0.39 is 0 Å². The van der Waals surface area contributed by atoms with Gasteiger partial charge in [0.1, 0.15) is 0 Å². The van der Waals surface area contributed by atoms with Crippen molar-refractivity contribution in [1.82, 2.24) is 0 Å². The highest BCUT2D eigenvalue weighted by Gasteiger charge is 2.23. The summed E-state index contributed by atoms with van der Waals surface area (Å²) in [7, 11) is 0. The Morgan fingerprint density at radius 3 is 2.47 bits per heavy atom. The van der Waals surface area contributed by atoms with Crippen molar-refractivity contribution in [3.8, 4) is 0 Å². The zero-order valence-corrected chi connectivity index (χ0v) is 11.4. The van der Waals surface area contributed by atoms with E-state index in [1.54, 1.807) is 11.1 Å². The maximum absolute atomic E-state index is 5.95. The van der Waals surface area contributed by atoms with Crippen LogP contribution < -0.4 is 5.73 Å². The Labute approximate surface area is 105 Å². The largest absolute Gasteiger partial charge is 0.328 e. The van der Waals surface area contributed by atoms with Gasteiger partial charge in [-0.3, -0.25) is 0 Å². The van der Waals surface area contributed by atoms with Crippen molar-refractivity contribution in [2.75, 3.05) is 0 Å². The minimum atomic E-state index is 0.195. The lowest BCUT2D eigenvalue weighted by atomic mass is 9.77. The van der Waals surface area contributed by atoms with Gasteiger partial charge in [-0.25, -0.2) is 0 Å². The summed E-state index contributed by atoms with van der Waals surface area (Å²) < 4.78 is 0. The van der Waals surface area contributed by atoms with E-state index >= 15 is 0 Å². The van der Waals surface area contributed by atoms with Crippen LogP contribution in [0.2, 0.25) is 0 Å². The molecule has 0 saturated carbocycles. The van der Waals surface area contributed by atoms with E-state index in [1.165, 1.54) is 31.2 Å². The van der Waals surface area contributed by atoms with Gasteiger partial charge in [-0.15, -0.1) is 0 Å². The normalized spacial score (nSPS) is 17.6. The summed E-state index contributed by atoms with van der Waals surface area (Å²) in [6, 6.07) is 7.34. The Balaban J connectivity index is 2.27. The molecule has 1 aliphatic carbocycles. The SMILES string of the molecule is CC(N)CC(C)(C)c1ccc2c(c1)CCCC2. The third kappa shape index (κ3) is 2.90. The van der Waals surface area contributed by atoms with Crippen molar-refractivity contribution in [3.05, 3.63) is 34.9 Å². The molecule has 94 valence electrons. The minimum Gasteiger partial charge on any atom is -0.328 e. The number of fused-ring (bicyclic) bond motifs is 1. The second-order valence-corrected chi connectivity index (χ2v) is 6.26. The average molecular weight is 231 g/mol. The quantitative estimate of drug-likeness (QED) is 0.845. The summed E-state index contributed by atoms with van der Waals surface area (Å²) in [5, 5.41) is 0. The number of aryl methyl sites for hydroxylation is 2. The van der Waals surface area contributed by atoms with E-state index in [0.717, 1.165) is 6.42 Å². The van der Waals surface area contributed by atoms with Crippen LogP contribution in [-0.2, 0) is 18.3 Å². The molecule has 0 saturated heterocycles. The molecule has 0 fully saturated rings. The lowest BCUT2D eigenvalue weighted by Crippen LogP contribution is -2.28. The molecule has 1 aliphatic rings. The van der Waals surface area contributed by atoms with Crippen LogP contribution in [0.4, 0.5) is 0 Å². The van der Waals surface area contributed by atoms with E-state index in [4.69, 9.17) is 5.73 Å². The summed E-state index contributed by atoms with van der Waals surface area (Å²) in [5.41, 5.74) is 10.7. The highest BCUT2D eigenvalue weighted by molar-refractivity contribution is 5.37.